The molecule has 0 saturated carbocycles. The molecule has 0 spiro atoms. The van der Waals surface area contributed by atoms with Crippen molar-refractivity contribution in [2.24, 2.45) is 5.92 Å². The third-order valence-electron chi connectivity index (χ3n) is 8.25. The highest BCUT2D eigenvalue weighted by atomic mass is 79.9. The first kappa shape index (κ1) is 31.1. The van der Waals surface area contributed by atoms with Crippen LogP contribution in [0, 0.1) is 12.8 Å². The second-order valence-corrected chi connectivity index (χ2v) is 14.3. The van der Waals surface area contributed by atoms with Crippen molar-refractivity contribution in [1.29, 1.82) is 0 Å². The Morgan fingerprint density at radius 1 is 1.00 bits per heavy atom. The van der Waals surface area contributed by atoms with Crippen LogP contribution in [0.25, 0.3) is 0 Å². The normalized spacial score (nSPS) is 21.4. The Bertz CT molecular complexity index is 1130. The number of amides is 2. The van der Waals surface area contributed by atoms with Gasteiger partial charge in [-0.3, -0.25) is 4.79 Å². The molecule has 5 rings (SSSR count). The average molecular weight is 680 g/mol. The monoisotopic (exact) mass is 677 g/mol. The number of aryl methyl sites for hydroxylation is 1. The predicted octanol–water partition coefficient (Wildman–Crippen LogP) is 7.42. The fraction of sp³-hybridized carbons (Fsp3) is 0.625. The number of carbonyl (C=O) groups excluding carboxylic acids is 2. The topological polar surface area (TPSA) is 61.9 Å². The fourth-order valence-electron chi connectivity index (χ4n) is 5.94. The van der Waals surface area contributed by atoms with E-state index in [4.69, 9.17) is 4.74 Å². The van der Waals surface area contributed by atoms with Crippen LogP contribution in [-0.2, 0) is 22.4 Å². The Balaban J connectivity index is 0.000000188. The van der Waals surface area contributed by atoms with Gasteiger partial charge < -0.3 is 19.9 Å². The maximum atomic E-state index is 12.3. The molecule has 2 fully saturated rings. The van der Waals surface area contributed by atoms with Crippen LogP contribution in [0.1, 0.15) is 82.4 Å². The molecule has 1 aromatic rings. The Labute approximate surface area is 257 Å². The minimum Gasteiger partial charge on any atom is -0.444 e. The smallest absolute Gasteiger partial charge is 0.410 e. The largest absolute Gasteiger partial charge is 0.444 e. The molecule has 2 saturated heterocycles. The SMILES string of the molecule is CC(C)(C)OC(=O)N1CCC(CC(=O)N2CCCCC2)CC1.Cc1ccc2c(c1Br)CCC1=CC(Br)=CNC1C2. The lowest BCUT2D eigenvalue weighted by atomic mass is 9.93. The molecule has 1 aromatic carbocycles. The molecule has 8 heteroatoms. The van der Waals surface area contributed by atoms with E-state index in [0.29, 0.717) is 37.4 Å². The second kappa shape index (κ2) is 13.9. The standard InChI is InChI=1S/C17H30N2O3.C15H15Br2N/c1-17(2,3)22-16(21)19-11-7-14(8-12-19)13-15(20)18-9-5-4-6-10-18;1-9-2-3-10-7-14-11(6-12(16)8-18-14)4-5-13(10)15(9)17/h14H,4-13H2,1-3H3;2-3,6,8,14,18H,4-5,7H2,1H3. The molecule has 3 heterocycles. The molecule has 2 amide bonds. The number of likely N-dealkylation sites (tertiary alicyclic amines) is 2. The molecule has 1 aliphatic carbocycles. The molecule has 0 bridgehead atoms. The highest BCUT2D eigenvalue weighted by Crippen LogP contribution is 2.34. The number of benzene rings is 1. The molecule has 4 aliphatic rings. The number of hydrogen-bond acceptors (Lipinski definition) is 4. The van der Waals surface area contributed by atoms with Crippen LogP contribution in [0.5, 0.6) is 0 Å². The first-order valence-electron chi connectivity index (χ1n) is 14.8. The van der Waals surface area contributed by atoms with E-state index >= 15 is 0 Å². The highest BCUT2D eigenvalue weighted by molar-refractivity contribution is 9.12. The summed E-state index contributed by atoms with van der Waals surface area (Å²) in [5, 5.41) is 3.49. The second-order valence-electron chi connectivity index (χ2n) is 12.6. The van der Waals surface area contributed by atoms with Crippen molar-refractivity contribution in [3.63, 3.8) is 0 Å². The zero-order valence-corrected chi connectivity index (χ0v) is 27.7. The summed E-state index contributed by atoms with van der Waals surface area (Å²) in [7, 11) is 0. The summed E-state index contributed by atoms with van der Waals surface area (Å²) < 4.78 is 7.85. The lowest BCUT2D eigenvalue weighted by molar-refractivity contribution is -0.133. The van der Waals surface area contributed by atoms with Gasteiger partial charge in [0.2, 0.25) is 5.91 Å². The van der Waals surface area contributed by atoms with Gasteiger partial charge in [0, 0.05) is 47.8 Å². The Kier molecular flexibility index (Phi) is 10.8. The van der Waals surface area contributed by atoms with Crippen LogP contribution in [0.3, 0.4) is 0 Å². The van der Waals surface area contributed by atoms with Gasteiger partial charge in [-0.1, -0.05) is 28.1 Å². The number of allylic oxidation sites excluding steroid dienone is 2. The van der Waals surface area contributed by atoms with Gasteiger partial charge in [0.1, 0.15) is 5.60 Å². The van der Waals surface area contributed by atoms with Crippen molar-refractivity contribution in [1.82, 2.24) is 15.1 Å². The molecule has 0 aromatic heterocycles. The van der Waals surface area contributed by atoms with Crippen LogP contribution in [0.4, 0.5) is 4.79 Å². The number of hydrogen-bond donors (Lipinski definition) is 1. The lowest BCUT2D eigenvalue weighted by Gasteiger charge is -2.34. The number of halogens is 2. The highest BCUT2D eigenvalue weighted by Gasteiger charge is 2.29. The van der Waals surface area contributed by atoms with Gasteiger partial charge >= 0.3 is 6.09 Å². The molecule has 0 radical (unpaired) electrons. The van der Waals surface area contributed by atoms with Crippen molar-refractivity contribution >= 4 is 43.9 Å². The number of nitrogens with one attached hydrogen (secondary N) is 1. The van der Waals surface area contributed by atoms with Crippen LogP contribution < -0.4 is 5.32 Å². The molecule has 1 unspecified atom stereocenters. The molecule has 1 N–H and O–H groups in total. The summed E-state index contributed by atoms with van der Waals surface area (Å²) in [6.45, 7) is 11.1. The van der Waals surface area contributed by atoms with Crippen molar-refractivity contribution in [2.45, 2.75) is 97.1 Å². The molecular formula is C32H45Br2N3O3. The van der Waals surface area contributed by atoms with Gasteiger partial charge in [0.05, 0.1) is 6.04 Å². The molecule has 1 atom stereocenters. The van der Waals surface area contributed by atoms with Gasteiger partial charge in [-0.2, -0.15) is 0 Å². The number of fused-ring (bicyclic) bond motifs is 2. The number of carbonyl (C=O) groups is 2. The van der Waals surface area contributed by atoms with E-state index in [9.17, 15) is 9.59 Å². The van der Waals surface area contributed by atoms with Crippen molar-refractivity contribution < 1.29 is 14.3 Å². The van der Waals surface area contributed by atoms with E-state index in [1.807, 2.05) is 25.7 Å². The Morgan fingerprint density at radius 2 is 1.70 bits per heavy atom. The number of rotatable bonds is 2. The lowest BCUT2D eigenvalue weighted by Crippen LogP contribution is -2.43. The van der Waals surface area contributed by atoms with Gasteiger partial charge in [-0.05, 0) is 129 Å². The molecule has 220 valence electrons. The van der Waals surface area contributed by atoms with E-state index < -0.39 is 5.60 Å². The average Bonchev–Trinajstić information content (AvgIpc) is 3.10. The molecule has 40 heavy (non-hydrogen) atoms. The number of dihydropyridines is 1. The molecular weight excluding hydrogens is 634 g/mol. The van der Waals surface area contributed by atoms with E-state index in [2.05, 4.69) is 68.5 Å². The quantitative estimate of drug-likeness (QED) is 0.354. The Morgan fingerprint density at radius 3 is 2.38 bits per heavy atom. The molecule has 3 aliphatic heterocycles. The minimum atomic E-state index is -0.446. The van der Waals surface area contributed by atoms with Crippen LogP contribution in [-0.4, -0.2) is 59.6 Å². The van der Waals surface area contributed by atoms with E-state index in [-0.39, 0.29) is 6.09 Å². The summed E-state index contributed by atoms with van der Waals surface area (Å²) in [6.07, 6.45) is 13.4. The first-order valence-corrected chi connectivity index (χ1v) is 16.4. The third-order valence-corrected chi connectivity index (χ3v) is 9.81. The maximum absolute atomic E-state index is 12.3. The van der Waals surface area contributed by atoms with Crippen LogP contribution in [0.15, 0.2) is 38.9 Å². The summed E-state index contributed by atoms with van der Waals surface area (Å²) in [6, 6.07) is 4.96. The van der Waals surface area contributed by atoms with Crippen LogP contribution in [0.2, 0.25) is 0 Å². The van der Waals surface area contributed by atoms with E-state index in [1.165, 1.54) is 33.2 Å². The first-order chi connectivity index (χ1) is 19.0. The minimum absolute atomic E-state index is 0.228. The van der Waals surface area contributed by atoms with Crippen molar-refractivity contribution in [2.75, 3.05) is 26.2 Å². The van der Waals surface area contributed by atoms with Gasteiger partial charge in [0.15, 0.2) is 0 Å². The predicted molar refractivity (Wildman–Crippen MR) is 168 cm³/mol. The molecule has 6 nitrogen and oxygen atoms in total. The summed E-state index contributed by atoms with van der Waals surface area (Å²) >= 11 is 7.30. The van der Waals surface area contributed by atoms with Gasteiger partial charge in [0.25, 0.3) is 0 Å². The number of piperidine rings is 2. The summed E-state index contributed by atoms with van der Waals surface area (Å²) in [5.74, 6) is 0.712. The summed E-state index contributed by atoms with van der Waals surface area (Å²) in [5.41, 5.74) is 5.35. The fourth-order valence-corrected chi connectivity index (χ4v) is 6.95. The van der Waals surface area contributed by atoms with Gasteiger partial charge in [-0.25, -0.2) is 4.79 Å². The van der Waals surface area contributed by atoms with Crippen LogP contribution >= 0.6 is 31.9 Å². The number of nitrogens with zero attached hydrogens (tertiary/aromatic N) is 2. The van der Waals surface area contributed by atoms with E-state index in [0.717, 1.165) is 62.5 Å². The zero-order chi connectivity index (χ0) is 28.9. The van der Waals surface area contributed by atoms with Crippen molar-refractivity contribution in [3.05, 3.63) is 55.6 Å². The van der Waals surface area contributed by atoms with E-state index in [1.54, 1.807) is 4.90 Å². The maximum Gasteiger partial charge on any atom is 0.410 e. The van der Waals surface area contributed by atoms with Gasteiger partial charge in [-0.15, -0.1) is 0 Å². The number of ether oxygens (including phenoxy) is 1. The Hall–Kier alpha value is -1.80. The van der Waals surface area contributed by atoms with Crippen molar-refractivity contribution in [3.8, 4) is 0 Å². The zero-order valence-electron chi connectivity index (χ0n) is 24.5. The summed E-state index contributed by atoms with van der Waals surface area (Å²) in [4.78, 5) is 28.1. The third kappa shape index (κ3) is 8.60.